The molecule has 2 rings (SSSR count). The predicted molar refractivity (Wildman–Crippen MR) is 60.9 cm³/mol. The van der Waals surface area contributed by atoms with Crippen LogP contribution in [0.3, 0.4) is 0 Å². The highest BCUT2D eigenvalue weighted by Crippen LogP contribution is 2.20. The number of hydrogen-bond donors (Lipinski definition) is 2. The van der Waals surface area contributed by atoms with Crippen molar-refractivity contribution in [3.63, 3.8) is 0 Å². The number of halogens is 3. The van der Waals surface area contributed by atoms with Gasteiger partial charge in [0.2, 0.25) is 0 Å². The molecule has 100 valence electrons. The quantitative estimate of drug-likeness (QED) is 0.841. The van der Waals surface area contributed by atoms with Crippen LogP contribution in [0.25, 0.3) is 0 Å². The second kappa shape index (κ2) is 5.15. The number of anilines is 1. The smallest absolute Gasteiger partial charge is 0.291 e. The number of nitrogens with one attached hydrogen (secondary N) is 1. The highest BCUT2D eigenvalue weighted by Gasteiger charge is 2.17. The molecule has 0 spiro atoms. The van der Waals surface area contributed by atoms with Gasteiger partial charge in [0.25, 0.3) is 5.91 Å². The molecule has 1 aromatic heterocycles. The fourth-order valence-electron chi connectivity index (χ4n) is 1.42. The van der Waals surface area contributed by atoms with Crippen LogP contribution in [-0.4, -0.2) is 5.91 Å². The van der Waals surface area contributed by atoms with E-state index in [1.54, 1.807) is 0 Å². The normalized spacial score (nSPS) is 10.5. The Hall–Kier alpha value is -2.28. The zero-order valence-corrected chi connectivity index (χ0v) is 9.54. The van der Waals surface area contributed by atoms with Gasteiger partial charge in [-0.05, 0) is 24.3 Å². The maximum atomic E-state index is 13.3. The van der Waals surface area contributed by atoms with E-state index in [2.05, 4.69) is 5.32 Å². The molecule has 0 radical (unpaired) electrons. The van der Waals surface area contributed by atoms with Crippen molar-refractivity contribution in [2.24, 2.45) is 5.73 Å². The standard InChI is InChI=1S/C12H9F3N2O2/c13-7-2-3-8(11(15)10(7)14)17-12(18)9-4-1-6(5-16)19-9/h1-4H,5,16H2,(H,17,18). The summed E-state index contributed by atoms with van der Waals surface area (Å²) < 4.78 is 44.0. The Morgan fingerprint density at radius 3 is 2.53 bits per heavy atom. The molecule has 1 aromatic carbocycles. The lowest BCUT2D eigenvalue weighted by atomic mass is 10.2. The second-order valence-electron chi connectivity index (χ2n) is 3.65. The summed E-state index contributed by atoms with van der Waals surface area (Å²) in [6.45, 7) is 0.104. The molecule has 4 nitrogen and oxygen atoms in total. The number of carbonyl (C=O) groups excluding carboxylic acids is 1. The Bertz CT molecular complexity index is 625. The summed E-state index contributed by atoms with van der Waals surface area (Å²) in [5.74, 6) is -4.98. The van der Waals surface area contributed by atoms with Crippen molar-refractivity contribution in [3.8, 4) is 0 Å². The first-order chi connectivity index (χ1) is 9.02. The fraction of sp³-hybridized carbons (Fsp3) is 0.0833. The summed E-state index contributed by atoms with van der Waals surface area (Å²) in [5.41, 5.74) is 4.82. The molecule has 1 heterocycles. The van der Waals surface area contributed by atoms with Gasteiger partial charge in [0.1, 0.15) is 5.76 Å². The Labute approximate surface area is 106 Å². The van der Waals surface area contributed by atoms with Crippen molar-refractivity contribution in [2.75, 3.05) is 5.32 Å². The largest absolute Gasteiger partial charge is 0.455 e. The Morgan fingerprint density at radius 1 is 1.16 bits per heavy atom. The maximum absolute atomic E-state index is 13.3. The molecule has 3 N–H and O–H groups in total. The van der Waals surface area contributed by atoms with Crippen molar-refractivity contribution in [2.45, 2.75) is 6.54 Å². The zero-order valence-electron chi connectivity index (χ0n) is 9.54. The minimum Gasteiger partial charge on any atom is -0.455 e. The summed E-state index contributed by atoms with van der Waals surface area (Å²) in [6, 6.07) is 4.45. The van der Waals surface area contributed by atoms with Crippen molar-refractivity contribution >= 4 is 11.6 Å². The van der Waals surface area contributed by atoms with Gasteiger partial charge in [-0.2, -0.15) is 0 Å². The van der Waals surface area contributed by atoms with E-state index in [0.717, 1.165) is 6.07 Å². The van der Waals surface area contributed by atoms with Crippen molar-refractivity contribution < 1.29 is 22.4 Å². The summed E-state index contributed by atoms with van der Waals surface area (Å²) in [6.07, 6.45) is 0. The molecule has 0 aliphatic heterocycles. The molecule has 0 saturated heterocycles. The van der Waals surface area contributed by atoms with Gasteiger partial charge in [-0.3, -0.25) is 4.79 Å². The van der Waals surface area contributed by atoms with Crippen LogP contribution < -0.4 is 11.1 Å². The third-order valence-corrected chi connectivity index (χ3v) is 2.37. The van der Waals surface area contributed by atoms with E-state index in [1.165, 1.54) is 12.1 Å². The third-order valence-electron chi connectivity index (χ3n) is 2.37. The Morgan fingerprint density at radius 2 is 1.89 bits per heavy atom. The molecule has 7 heteroatoms. The number of nitrogens with two attached hydrogens (primary N) is 1. The molecule has 0 unspecified atom stereocenters. The first kappa shape index (κ1) is 13.2. The van der Waals surface area contributed by atoms with Crippen LogP contribution in [0.4, 0.5) is 18.9 Å². The van der Waals surface area contributed by atoms with E-state index >= 15 is 0 Å². The fourth-order valence-corrected chi connectivity index (χ4v) is 1.42. The predicted octanol–water partition coefficient (Wildman–Crippen LogP) is 2.41. The number of carbonyl (C=O) groups is 1. The number of rotatable bonds is 3. The Kier molecular flexibility index (Phi) is 3.57. The molecule has 2 aromatic rings. The third kappa shape index (κ3) is 2.60. The van der Waals surface area contributed by atoms with Crippen LogP contribution >= 0.6 is 0 Å². The van der Waals surface area contributed by atoms with E-state index in [-0.39, 0.29) is 12.3 Å². The highest BCUT2D eigenvalue weighted by molar-refractivity contribution is 6.02. The number of hydrogen-bond acceptors (Lipinski definition) is 3. The molecule has 0 saturated carbocycles. The van der Waals surface area contributed by atoms with Crippen LogP contribution in [-0.2, 0) is 6.54 Å². The van der Waals surface area contributed by atoms with Gasteiger partial charge in [0.05, 0.1) is 12.2 Å². The van der Waals surface area contributed by atoms with Gasteiger partial charge in [-0.25, -0.2) is 13.2 Å². The van der Waals surface area contributed by atoms with Crippen LogP contribution in [0.5, 0.6) is 0 Å². The summed E-state index contributed by atoms with van der Waals surface area (Å²) in [7, 11) is 0. The molecule has 19 heavy (non-hydrogen) atoms. The molecule has 0 aliphatic rings. The molecular formula is C12H9F3N2O2. The lowest BCUT2D eigenvalue weighted by molar-refractivity contribution is 0.0994. The van der Waals surface area contributed by atoms with Crippen LogP contribution in [0.15, 0.2) is 28.7 Å². The average molecular weight is 270 g/mol. The molecule has 0 fully saturated rings. The van der Waals surface area contributed by atoms with Crippen molar-refractivity contribution in [1.29, 1.82) is 0 Å². The monoisotopic (exact) mass is 270 g/mol. The summed E-state index contributed by atoms with van der Waals surface area (Å²) in [5, 5.41) is 2.08. The van der Waals surface area contributed by atoms with Gasteiger partial charge in [0.15, 0.2) is 23.2 Å². The zero-order chi connectivity index (χ0) is 14.0. The second-order valence-corrected chi connectivity index (χ2v) is 3.65. The minimum atomic E-state index is -1.65. The molecule has 0 atom stereocenters. The lowest BCUT2D eigenvalue weighted by Crippen LogP contribution is -2.13. The van der Waals surface area contributed by atoms with Crippen molar-refractivity contribution in [3.05, 3.63) is 53.2 Å². The summed E-state index contributed by atoms with van der Waals surface area (Å²) in [4.78, 5) is 11.7. The van der Waals surface area contributed by atoms with Crippen LogP contribution in [0, 0.1) is 17.5 Å². The number of amides is 1. The van der Waals surface area contributed by atoms with Crippen molar-refractivity contribution in [1.82, 2.24) is 0 Å². The van der Waals surface area contributed by atoms with E-state index in [9.17, 15) is 18.0 Å². The van der Waals surface area contributed by atoms with E-state index in [4.69, 9.17) is 10.2 Å². The minimum absolute atomic E-state index is 0.104. The van der Waals surface area contributed by atoms with Gasteiger partial charge in [0, 0.05) is 0 Å². The Balaban J connectivity index is 2.21. The molecule has 0 bridgehead atoms. The first-order valence-corrected chi connectivity index (χ1v) is 5.26. The average Bonchev–Trinajstić information content (AvgIpc) is 2.88. The van der Waals surface area contributed by atoms with Gasteiger partial charge in [-0.1, -0.05) is 0 Å². The van der Waals surface area contributed by atoms with Gasteiger partial charge in [-0.15, -0.1) is 0 Å². The van der Waals surface area contributed by atoms with Gasteiger partial charge >= 0.3 is 0 Å². The molecule has 0 aliphatic carbocycles. The number of benzene rings is 1. The van der Waals surface area contributed by atoms with Crippen LogP contribution in [0.1, 0.15) is 16.3 Å². The first-order valence-electron chi connectivity index (χ1n) is 5.26. The molecule has 1 amide bonds. The number of furan rings is 1. The van der Waals surface area contributed by atoms with Crippen LogP contribution in [0.2, 0.25) is 0 Å². The van der Waals surface area contributed by atoms with E-state index < -0.39 is 29.0 Å². The van der Waals surface area contributed by atoms with Gasteiger partial charge < -0.3 is 15.5 Å². The van der Waals surface area contributed by atoms with E-state index in [0.29, 0.717) is 11.8 Å². The summed E-state index contributed by atoms with van der Waals surface area (Å²) >= 11 is 0. The maximum Gasteiger partial charge on any atom is 0.291 e. The lowest BCUT2D eigenvalue weighted by Gasteiger charge is -2.05. The molecular weight excluding hydrogens is 261 g/mol. The topological polar surface area (TPSA) is 68.3 Å². The SMILES string of the molecule is NCc1ccc(C(=O)Nc2ccc(F)c(F)c2F)o1. The van der Waals surface area contributed by atoms with E-state index in [1.807, 2.05) is 0 Å². The highest BCUT2D eigenvalue weighted by atomic mass is 19.2.